The number of aryl methyl sites for hydroxylation is 2. The summed E-state index contributed by atoms with van der Waals surface area (Å²) in [6.45, 7) is 6.20. The molecule has 2 aromatic carbocycles. The first kappa shape index (κ1) is 25.3. The van der Waals surface area contributed by atoms with Crippen LogP contribution in [0.15, 0.2) is 36.4 Å². The Bertz CT molecular complexity index is 1160. The summed E-state index contributed by atoms with van der Waals surface area (Å²) in [7, 11) is 0. The highest BCUT2D eigenvalue weighted by atomic mass is 127. The second-order valence-electron chi connectivity index (χ2n) is 7.77. The molecule has 32 heavy (non-hydrogen) atoms. The maximum atomic E-state index is 13.1. The fourth-order valence-corrected chi connectivity index (χ4v) is 5.00. The Morgan fingerprint density at radius 2 is 1.34 bits per heavy atom. The highest BCUT2D eigenvalue weighted by Crippen LogP contribution is 2.22. The van der Waals surface area contributed by atoms with Crippen LogP contribution in [-0.2, 0) is 13.1 Å². The molecule has 0 aliphatic heterocycles. The molecule has 8 heteroatoms. The van der Waals surface area contributed by atoms with Gasteiger partial charge in [-0.25, -0.2) is 8.78 Å². The second-order valence-corrected chi connectivity index (χ2v) is 9.81. The van der Waals surface area contributed by atoms with Gasteiger partial charge in [-0.05, 0) is 94.4 Å². The van der Waals surface area contributed by atoms with Crippen LogP contribution in [0.2, 0.25) is 0 Å². The highest BCUT2D eigenvalue weighted by Gasteiger charge is 2.09. The SMILES string of the molecule is CCCCCn1nc(I)c2cc(F)ccc21.CCCCCn1nc2ccc(F)cc2c1I. The maximum absolute atomic E-state index is 13.1. The standard InChI is InChI=1S/2C12H14FIN2/c1-2-3-4-7-16-11-6-5-9(13)8-10(11)12(14)15-16;1-2-3-4-7-16-12(14)10-8-9(13)5-6-11(10)15-16/h2*5-6,8H,2-4,7H2,1H3. The minimum Gasteiger partial charge on any atom is -0.264 e. The van der Waals surface area contributed by atoms with E-state index in [0.29, 0.717) is 0 Å². The van der Waals surface area contributed by atoms with E-state index in [1.807, 2.05) is 15.4 Å². The molecule has 0 N–H and O–H groups in total. The van der Waals surface area contributed by atoms with Crippen LogP contribution >= 0.6 is 45.2 Å². The Labute approximate surface area is 215 Å². The van der Waals surface area contributed by atoms with Gasteiger partial charge in [-0.3, -0.25) is 9.36 Å². The molecule has 0 amide bonds. The topological polar surface area (TPSA) is 35.6 Å². The van der Waals surface area contributed by atoms with Crippen LogP contribution in [0.5, 0.6) is 0 Å². The number of unbranched alkanes of at least 4 members (excludes halogenated alkanes) is 4. The summed E-state index contributed by atoms with van der Waals surface area (Å²) in [5.74, 6) is -0.392. The number of nitrogens with zero attached hydrogens (tertiary/aromatic N) is 4. The van der Waals surface area contributed by atoms with Crippen LogP contribution in [0.1, 0.15) is 52.4 Å². The number of hydrogen-bond acceptors (Lipinski definition) is 2. The lowest BCUT2D eigenvalue weighted by molar-refractivity contribution is 0.548. The minimum atomic E-state index is -0.196. The van der Waals surface area contributed by atoms with Crippen molar-refractivity contribution in [3.05, 3.63) is 55.4 Å². The monoisotopic (exact) mass is 664 g/mol. The van der Waals surface area contributed by atoms with E-state index in [0.717, 1.165) is 55.1 Å². The van der Waals surface area contributed by atoms with Crippen molar-refractivity contribution < 1.29 is 8.78 Å². The molecule has 4 rings (SSSR count). The van der Waals surface area contributed by atoms with E-state index >= 15 is 0 Å². The summed E-state index contributed by atoms with van der Waals surface area (Å²) >= 11 is 4.39. The zero-order valence-electron chi connectivity index (χ0n) is 18.4. The molecule has 0 aliphatic rings. The lowest BCUT2D eigenvalue weighted by atomic mass is 10.2. The number of halogens is 4. The summed E-state index contributed by atoms with van der Waals surface area (Å²) in [4.78, 5) is 0. The van der Waals surface area contributed by atoms with Crippen LogP contribution in [0.25, 0.3) is 21.8 Å². The van der Waals surface area contributed by atoms with Gasteiger partial charge in [-0.15, -0.1) is 0 Å². The third-order valence-electron chi connectivity index (χ3n) is 5.25. The second kappa shape index (κ2) is 12.2. The molecular weight excluding hydrogens is 636 g/mol. The predicted molar refractivity (Wildman–Crippen MR) is 144 cm³/mol. The van der Waals surface area contributed by atoms with E-state index in [2.05, 4.69) is 69.2 Å². The Morgan fingerprint density at radius 1 is 0.750 bits per heavy atom. The molecule has 2 aromatic heterocycles. The first-order valence-electron chi connectivity index (χ1n) is 11.1. The van der Waals surface area contributed by atoms with Gasteiger partial charge >= 0.3 is 0 Å². The molecule has 0 radical (unpaired) electrons. The first-order chi connectivity index (χ1) is 15.4. The van der Waals surface area contributed by atoms with Gasteiger partial charge in [0.1, 0.15) is 19.0 Å². The van der Waals surface area contributed by atoms with Gasteiger partial charge in [0.15, 0.2) is 0 Å². The van der Waals surface area contributed by atoms with Crippen LogP contribution in [-0.4, -0.2) is 19.6 Å². The zero-order chi connectivity index (χ0) is 23.1. The van der Waals surface area contributed by atoms with E-state index in [1.54, 1.807) is 18.2 Å². The molecule has 0 spiro atoms. The van der Waals surface area contributed by atoms with E-state index in [4.69, 9.17) is 0 Å². The van der Waals surface area contributed by atoms with Gasteiger partial charge in [0.2, 0.25) is 0 Å². The smallest absolute Gasteiger partial charge is 0.131 e. The minimum absolute atomic E-state index is 0.196. The van der Waals surface area contributed by atoms with Crippen molar-refractivity contribution in [2.75, 3.05) is 0 Å². The zero-order valence-corrected chi connectivity index (χ0v) is 22.7. The van der Waals surface area contributed by atoms with Gasteiger partial charge in [-0.1, -0.05) is 39.5 Å². The van der Waals surface area contributed by atoms with E-state index in [-0.39, 0.29) is 11.6 Å². The number of aromatic nitrogens is 4. The van der Waals surface area contributed by atoms with Crippen LogP contribution < -0.4 is 0 Å². The third kappa shape index (κ3) is 6.39. The Morgan fingerprint density at radius 3 is 2.00 bits per heavy atom. The average Bonchev–Trinajstić information content (AvgIpc) is 3.25. The van der Waals surface area contributed by atoms with E-state index < -0.39 is 0 Å². The maximum Gasteiger partial charge on any atom is 0.131 e. The van der Waals surface area contributed by atoms with Crippen LogP contribution in [0.3, 0.4) is 0 Å². The quantitative estimate of drug-likeness (QED) is 0.142. The Balaban J connectivity index is 0.000000181. The Hall–Kier alpha value is -1.30. The summed E-state index contributed by atoms with van der Waals surface area (Å²) in [6, 6.07) is 9.62. The molecule has 0 saturated carbocycles. The van der Waals surface area contributed by atoms with Crippen molar-refractivity contribution in [1.82, 2.24) is 19.6 Å². The number of fused-ring (bicyclic) bond motifs is 2. The fraction of sp³-hybridized carbons (Fsp3) is 0.417. The summed E-state index contributed by atoms with van der Waals surface area (Å²) < 4.78 is 32.0. The largest absolute Gasteiger partial charge is 0.264 e. The van der Waals surface area contributed by atoms with Crippen molar-refractivity contribution in [1.29, 1.82) is 0 Å². The lowest BCUT2D eigenvalue weighted by Crippen LogP contribution is -2.01. The van der Waals surface area contributed by atoms with Crippen molar-refractivity contribution in [3.8, 4) is 0 Å². The first-order valence-corrected chi connectivity index (χ1v) is 13.2. The third-order valence-corrected chi connectivity index (χ3v) is 7.19. The van der Waals surface area contributed by atoms with Crippen molar-refractivity contribution in [2.45, 2.75) is 65.5 Å². The number of benzene rings is 2. The number of rotatable bonds is 8. The highest BCUT2D eigenvalue weighted by molar-refractivity contribution is 14.1. The normalized spacial score (nSPS) is 11.2. The summed E-state index contributed by atoms with van der Waals surface area (Å²) in [6.07, 6.45) is 7.07. The molecule has 0 unspecified atom stereocenters. The molecule has 4 nitrogen and oxygen atoms in total. The molecule has 172 valence electrons. The van der Waals surface area contributed by atoms with Gasteiger partial charge in [0.25, 0.3) is 0 Å². The molecule has 0 fully saturated rings. The summed E-state index contributed by atoms with van der Waals surface area (Å²) in [5, 5.41) is 10.7. The van der Waals surface area contributed by atoms with Gasteiger partial charge < -0.3 is 0 Å². The van der Waals surface area contributed by atoms with Gasteiger partial charge in [-0.2, -0.15) is 10.2 Å². The molecule has 0 aliphatic carbocycles. The molecular formula is C24H28F2I2N4. The molecule has 0 bridgehead atoms. The predicted octanol–water partition coefficient (Wildman–Crippen LogP) is 7.94. The van der Waals surface area contributed by atoms with Gasteiger partial charge in [0.05, 0.1) is 11.0 Å². The van der Waals surface area contributed by atoms with Crippen LogP contribution in [0, 0.1) is 19.0 Å². The molecule has 0 saturated heterocycles. The fourth-order valence-electron chi connectivity index (χ4n) is 3.53. The number of hydrogen-bond donors (Lipinski definition) is 0. The van der Waals surface area contributed by atoms with Crippen LogP contribution in [0.4, 0.5) is 8.78 Å². The molecule has 4 aromatic rings. The van der Waals surface area contributed by atoms with E-state index in [9.17, 15) is 8.78 Å². The molecule has 0 atom stereocenters. The van der Waals surface area contributed by atoms with E-state index in [1.165, 1.54) is 37.8 Å². The Kier molecular flexibility index (Phi) is 9.69. The van der Waals surface area contributed by atoms with Crippen molar-refractivity contribution >= 4 is 67.0 Å². The molecule has 2 heterocycles. The van der Waals surface area contributed by atoms with Gasteiger partial charge in [0, 0.05) is 23.9 Å². The average molecular weight is 664 g/mol. The summed E-state index contributed by atoms with van der Waals surface area (Å²) in [5.41, 5.74) is 1.91. The van der Waals surface area contributed by atoms with Crippen molar-refractivity contribution in [2.24, 2.45) is 0 Å². The van der Waals surface area contributed by atoms with Crippen molar-refractivity contribution in [3.63, 3.8) is 0 Å². The lowest BCUT2D eigenvalue weighted by Gasteiger charge is -2.02.